The van der Waals surface area contributed by atoms with Crippen LogP contribution in [0, 0.1) is 0 Å². The zero-order valence-corrected chi connectivity index (χ0v) is 7.22. The Balaban J connectivity index is 3.13. The van der Waals surface area contributed by atoms with Gasteiger partial charge in [-0.3, -0.25) is 4.79 Å². The minimum atomic E-state index is -0.338. The molecule has 1 aromatic rings. The maximum absolute atomic E-state index is 11.1. The van der Waals surface area contributed by atoms with Crippen LogP contribution in [-0.2, 0) is 0 Å². The number of carbonyl (C=O) groups excluding carboxylic acids is 1. The lowest BCUT2D eigenvalue weighted by Crippen LogP contribution is -2.20. The maximum atomic E-state index is 11.1. The number of amides is 1. The van der Waals surface area contributed by atoms with Gasteiger partial charge in [0.1, 0.15) is 5.15 Å². The Morgan fingerprint density at radius 1 is 1.67 bits per heavy atom. The number of rotatable bonds is 1. The number of nitrogens with one attached hydrogen (secondary N) is 1. The number of aromatic nitrogens is 1. The van der Waals surface area contributed by atoms with Gasteiger partial charge in [-0.2, -0.15) is 0 Å². The molecule has 12 heavy (non-hydrogen) atoms. The highest BCUT2D eigenvalue weighted by molar-refractivity contribution is 6.29. The molecule has 0 aromatic carbocycles. The average Bonchev–Trinajstić information content (AvgIpc) is 2.08. The first-order chi connectivity index (χ1) is 5.65. The summed E-state index contributed by atoms with van der Waals surface area (Å²) in [6.07, 6.45) is 0. The summed E-state index contributed by atoms with van der Waals surface area (Å²) in [6.45, 7) is 0. The molecule has 0 fully saturated rings. The number of hydrogen-bond acceptors (Lipinski definition) is 3. The molecule has 0 unspecified atom stereocenters. The monoisotopic (exact) mass is 185 g/mol. The van der Waals surface area contributed by atoms with Crippen molar-refractivity contribution in [2.45, 2.75) is 0 Å². The Bertz CT molecular complexity index is 314. The zero-order valence-electron chi connectivity index (χ0n) is 6.47. The largest absolute Gasteiger partial charge is 0.397 e. The molecule has 5 heteroatoms. The van der Waals surface area contributed by atoms with Gasteiger partial charge in [0.2, 0.25) is 0 Å². The third kappa shape index (κ3) is 1.65. The first-order valence-corrected chi connectivity index (χ1v) is 3.67. The Morgan fingerprint density at radius 3 is 2.92 bits per heavy atom. The predicted molar refractivity (Wildman–Crippen MR) is 47.0 cm³/mol. The Labute approximate surface area is 74.7 Å². The molecule has 1 aromatic heterocycles. The van der Waals surface area contributed by atoms with Crippen molar-refractivity contribution in [2.75, 3.05) is 12.8 Å². The van der Waals surface area contributed by atoms with Crippen molar-refractivity contribution < 1.29 is 4.79 Å². The quantitative estimate of drug-likeness (QED) is 0.633. The van der Waals surface area contributed by atoms with Gasteiger partial charge in [-0.25, -0.2) is 4.98 Å². The van der Waals surface area contributed by atoms with Gasteiger partial charge in [0, 0.05) is 7.05 Å². The number of carbonyl (C=O) groups is 1. The van der Waals surface area contributed by atoms with Gasteiger partial charge in [0.15, 0.2) is 5.69 Å². The minimum Gasteiger partial charge on any atom is -0.397 e. The van der Waals surface area contributed by atoms with Crippen LogP contribution in [0.25, 0.3) is 0 Å². The number of halogens is 1. The molecule has 0 aliphatic rings. The van der Waals surface area contributed by atoms with Crippen molar-refractivity contribution >= 4 is 23.2 Å². The lowest BCUT2D eigenvalue weighted by Gasteiger charge is -2.02. The summed E-state index contributed by atoms with van der Waals surface area (Å²) in [4.78, 5) is 14.8. The summed E-state index contributed by atoms with van der Waals surface area (Å²) in [5.41, 5.74) is 5.96. The van der Waals surface area contributed by atoms with Gasteiger partial charge < -0.3 is 11.1 Å². The smallest absolute Gasteiger partial charge is 0.271 e. The van der Waals surface area contributed by atoms with Crippen LogP contribution in [0.3, 0.4) is 0 Å². The second-order valence-electron chi connectivity index (χ2n) is 2.15. The number of hydrogen-bond donors (Lipinski definition) is 2. The summed E-state index contributed by atoms with van der Waals surface area (Å²) in [7, 11) is 1.50. The van der Waals surface area contributed by atoms with Crippen LogP contribution in [0.4, 0.5) is 5.69 Å². The van der Waals surface area contributed by atoms with E-state index in [1.165, 1.54) is 13.1 Å². The van der Waals surface area contributed by atoms with Crippen LogP contribution in [0.5, 0.6) is 0 Å². The van der Waals surface area contributed by atoms with Crippen molar-refractivity contribution in [1.29, 1.82) is 0 Å². The second kappa shape index (κ2) is 3.40. The van der Waals surface area contributed by atoms with Crippen molar-refractivity contribution in [2.24, 2.45) is 0 Å². The topological polar surface area (TPSA) is 68.0 Å². The molecule has 1 heterocycles. The molecule has 0 saturated heterocycles. The van der Waals surface area contributed by atoms with E-state index in [1.807, 2.05) is 0 Å². The first kappa shape index (κ1) is 8.80. The van der Waals surface area contributed by atoms with Crippen LogP contribution in [-0.4, -0.2) is 17.9 Å². The van der Waals surface area contributed by atoms with Crippen molar-refractivity contribution in [3.8, 4) is 0 Å². The van der Waals surface area contributed by atoms with Crippen molar-refractivity contribution in [1.82, 2.24) is 10.3 Å². The van der Waals surface area contributed by atoms with E-state index in [1.54, 1.807) is 6.07 Å². The van der Waals surface area contributed by atoms with Crippen molar-refractivity contribution in [3.05, 3.63) is 23.0 Å². The molecule has 0 atom stereocenters. The number of pyridine rings is 1. The van der Waals surface area contributed by atoms with Gasteiger partial charge in [-0.15, -0.1) is 0 Å². The highest BCUT2D eigenvalue weighted by Gasteiger charge is 2.09. The highest BCUT2D eigenvalue weighted by atomic mass is 35.5. The molecule has 64 valence electrons. The SMILES string of the molecule is CNC(=O)c1nc(Cl)ccc1N. The fourth-order valence-corrected chi connectivity index (χ4v) is 0.894. The molecule has 1 rings (SSSR count). The van der Waals surface area contributed by atoms with Crippen LogP contribution in [0.15, 0.2) is 12.1 Å². The van der Waals surface area contributed by atoms with Crippen LogP contribution in [0.1, 0.15) is 10.5 Å². The standard InChI is InChI=1S/C7H8ClN3O/c1-10-7(12)6-4(9)2-3-5(8)11-6/h2-3H,9H2,1H3,(H,10,12). The molecule has 0 saturated carbocycles. The fraction of sp³-hybridized carbons (Fsp3) is 0.143. The number of anilines is 1. The Hall–Kier alpha value is -1.29. The molecule has 0 aliphatic heterocycles. The Kier molecular flexibility index (Phi) is 2.50. The normalized spacial score (nSPS) is 9.50. The van der Waals surface area contributed by atoms with Gasteiger partial charge >= 0.3 is 0 Å². The third-order valence-corrected chi connectivity index (χ3v) is 1.55. The van der Waals surface area contributed by atoms with Gasteiger partial charge in [-0.1, -0.05) is 11.6 Å². The number of nitrogen functional groups attached to an aromatic ring is 1. The predicted octanol–water partition coefficient (Wildman–Crippen LogP) is 0.677. The lowest BCUT2D eigenvalue weighted by molar-refractivity contribution is 0.0959. The van der Waals surface area contributed by atoms with E-state index >= 15 is 0 Å². The number of nitrogens with two attached hydrogens (primary N) is 1. The van der Waals surface area contributed by atoms with E-state index in [0.29, 0.717) is 5.69 Å². The molecule has 0 radical (unpaired) electrons. The van der Waals surface area contributed by atoms with Gasteiger partial charge in [0.05, 0.1) is 5.69 Å². The molecular formula is C7H8ClN3O. The van der Waals surface area contributed by atoms with E-state index in [0.717, 1.165) is 0 Å². The third-order valence-electron chi connectivity index (χ3n) is 1.33. The van der Waals surface area contributed by atoms with Crippen LogP contribution < -0.4 is 11.1 Å². The molecule has 0 aliphatic carbocycles. The summed E-state index contributed by atoms with van der Waals surface area (Å²) in [6, 6.07) is 3.07. The van der Waals surface area contributed by atoms with Gasteiger partial charge in [-0.05, 0) is 12.1 Å². The zero-order chi connectivity index (χ0) is 9.14. The van der Waals surface area contributed by atoms with E-state index < -0.39 is 0 Å². The number of nitrogens with zero attached hydrogens (tertiary/aromatic N) is 1. The van der Waals surface area contributed by atoms with E-state index in [4.69, 9.17) is 17.3 Å². The van der Waals surface area contributed by atoms with Crippen LogP contribution in [0.2, 0.25) is 5.15 Å². The van der Waals surface area contributed by atoms with E-state index in [2.05, 4.69) is 10.3 Å². The summed E-state index contributed by atoms with van der Waals surface area (Å²) >= 11 is 5.57. The average molecular weight is 186 g/mol. The summed E-state index contributed by atoms with van der Waals surface area (Å²) in [5.74, 6) is -0.338. The fourth-order valence-electron chi connectivity index (χ4n) is 0.746. The lowest BCUT2D eigenvalue weighted by atomic mass is 10.3. The van der Waals surface area contributed by atoms with Crippen molar-refractivity contribution in [3.63, 3.8) is 0 Å². The van der Waals surface area contributed by atoms with Crippen LogP contribution >= 0.6 is 11.6 Å². The molecule has 1 amide bonds. The summed E-state index contributed by atoms with van der Waals surface area (Å²) < 4.78 is 0. The molecular weight excluding hydrogens is 178 g/mol. The molecule has 3 N–H and O–H groups in total. The first-order valence-electron chi connectivity index (χ1n) is 3.29. The van der Waals surface area contributed by atoms with E-state index in [9.17, 15) is 4.79 Å². The van der Waals surface area contributed by atoms with Gasteiger partial charge in [0.25, 0.3) is 5.91 Å². The highest BCUT2D eigenvalue weighted by Crippen LogP contribution is 2.12. The second-order valence-corrected chi connectivity index (χ2v) is 2.54. The molecule has 0 spiro atoms. The molecule has 4 nitrogen and oxygen atoms in total. The maximum Gasteiger partial charge on any atom is 0.271 e. The molecule has 0 bridgehead atoms. The summed E-state index contributed by atoms with van der Waals surface area (Å²) in [5, 5.41) is 2.66. The Morgan fingerprint density at radius 2 is 2.33 bits per heavy atom. The van der Waals surface area contributed by atoms with E-state index in [-0.39, 0.29) is 16.8 Å². The minimum absolute atomic E-state index is 0.157.